The topological polar surface area (TPSA) is 60.9 Å². The highest BCUT2D eigenvalue weighted by atomic mass is 32.2. The van der Waals surface area contributed by atoms with Gasteiger partial charge in [-0.3, -0.25) is 0 Å². The summed E-state index contributed by atoms with van der Waals surface area (Å²) in [6, 6.07) is -0.258. The fourth-order valence-corrected chi connectivity index (χ4v) is 4.21. The van der Waals surface area contributed by atoms with E-state index in [9.17, 15) is 13.5 Å². The molecule has 1 aliphatic rings. The zero-order valence-corrected chi connectivity index (χ0v) is 12.7. The lowest BCUT2D eigenvalue weighted by Crippen LogP contribution is -2.52. The zero-order chi connectivity index (χ0) is 14.0. The molecule has 0 aromatic carbocycles. The Labute approximate surface area is 111 Å². The van der Waals surface area contributed by atoms with Crippen molar-refractivity contribution in [3.8, 4) is 0 Å². The molecule has 0 radical (unpaired) electrons. The molecule has 1 fully saturated rings. The Morgan fingerprint density at radius 1 is 1.33 bits per heavy atom. The first-order chi connectivity index (χ1) is 8.18. The van der Waals surface area contributed by atoms with Crippen LogP contribution in [0.1, 0.15) is 40.0 Å². The molecule has 1 saturated heterocycles. The highest BCUT2D eigenvalue weighted by molar-refractivity contribution is 7.86. The van der Waals surface area contributed by atoms with Gasteiger partial charge in [0, 0.05) is 26.2 Å². The van der Waals surface area contributed by atoms with Crippen LogP contribution in [0.4, 0.5) is 0 Å². The lowest BCUT2D eigenvalue weighted by atomic mass is 9.97. The maximum absolute atomic E-state index is 12.5. The van der Waals surface area contributed by atoms with Crippen LogP contribution in [-0.4, -0.2) is 54.9 Å². The highest BCUT2D eigenvalue weighted by Gasteiger charge is 2.35. The summed E-state index contributed by atoms with van der Waals surface area (Å²) < 4.78 is 27.8. The molecule has 18 heavy (non-hydrogen) atoms. The third-order valence-corrected chi connectivity index (χ3v) is 5.16. The fourth-order valence-electron chi connectivity index (χ4n) is 2.39. The highest BCUT2D eigenvalue weighted by Crippen LogP contribution is 2.24. The van der Waals surface area contributed by atoms with Gasteiger partial charge in [0.05, 0.1) is 6.61 Å². The smallest absolute Gasteiger partial charge is 0.282 e. The number of hydrogen-bond acceptors (Lipinski definition) is 3. The Hall–Kier alpha value is -0.170. The molecule has 1 aliphatic heterocycles. The normalized spacial score (nSPS) is 23.6. The molecule has 1 heterocycles. The van der Waals surface area contributed by atoms with Gasteiger partial charge in [-0.2, -0.15) is 17.0 Å². The fraction of sp³-hybridized carbons (Fsp3) is 1.00. The molecule has 1 rings (SSSR count). The van der Waals surface area contributed by atoms with Gasteiger partial charge in [0.2, 0.25) is 0 Å². The molecule has 0 spiro atoms. The Kier molecular flexibility index (Phi) is 5.17. The third-order valence-electron chi connectivity index (χ3n) is 3.17. The van der Waals surface area contributed by atoms with Gasteiger partial charge in [0.15, 0.2) is 0 Å². The minimum Gasteiger partial charge on any atom is -0.395 e. The number of rotatable bonds is 4. The van der Waals surface area contributed by atoms with E-state index >= 15 is 0 Å². The molecule has 0 amide bonds. The summed E-state index contributed by atoms with van der Waals surface area (Å²) in [7, 11) is -1.84. The number of aliphatic hydroxyl groups excluding tert-OH is 1. The molecule has 108 valence electrons. The second-order valence-electron chi connectivity index (χ2n) is 6.27. The molecule has 1 unspecified atom stereocenters. The van der Waals surface area contributed by atoms with Crippen molar-refractivity contribution in [2.45, 2.75) is 46.1 Å². The number of aliphatic hydroxyl groups is 1. The summed E-state index contributed by atoms with van der Waals surface area (Å²) in [5.74, 6) is 0. The van der Waals surface area contributed by atoms with Crippen LogP contribution in [-0.2, 0) is 10.2 Å². The molecule has 0 aromatic rings. The van der Waals surface area contributed by atoms with Crippen molar-refractivity contribution in [3.63, 3.8) is 0 Å². The van der Waals surface area contributed by atoms with Crippen molar-refractivity contribution in [2.75, 3.05) is 26.7 Å². The van der Waals surface area contributed by atoms with Crippen LogP contribution in [0.5, 0.6) is 0 Å². The molecule has 0 aromatic heterocycles. The van der Waals surface area contributed by atoms with Crippen LogP contribution < -0.4 is 0 Å². The van der Waals surface area contributed by atoms with Gasteiger partial charge < -0.3 is 5.11 Å². The molecule has 6 heteroatoms. The minimum atomic E-state index is -3.45. The first-order valence-corrected chi connectivity index (χ1v) is 7.92. The van der Waals surface area contributed by atoms with Crippen LogP contribution in [0.15, 0.2) is 0 Å². The molecule has 1 N–H and O–H groups in total. The lowest BCUT2D eigenvalue weighted by Gasteiger charge is -2.37. The second kappa shape index (κ2) is 5.86. The molecule has 0 bridgehead atoms. The van der Waals surface area contributed by atoms with Crippen molar-refractivity contribution in [1.82, 2.24) is 8.61 Å². The van der Waals surface area contributed by atoms with Crippen molar-refractivity contribution >= 4 is 10.2 Å². The van der Waals surface area contributed by atoms with Crippen molar-refractivity contribution in [2.24, 2.45) is 5.41 Å². The van der Waals surface area contributed by atoms with E-state index in [1.54, 1.807) is 7.05 Å². The Morgan fingerprint density at radius 3 is 2.44 bits per heavy atom. The first kappa shape index (κ1) is 15.9. The molecule has 1 atom stereocenters. The van der Waals surface area contributed by atoms with E-state index in [0.29, 0.717) is 13.1 Å². The minimum absolute atomic E-state index is 0.0771. The quantitative estimate of drug-likeness (QED) is 0.836. The summed E-state index contributed by atoms with van der Waals surface area (Å²) in [4.78, 5) is 0. The van der Waals surface area contributed by atoms with E-state index in [1.807, 2.05) is 20.8 Å². The van der Waals surface area contributed by atoms with Gasteiger partial charge in [-0.05, 0) is 18.3 Å². The van der Waals surface area contributed by atoms with E-state index in [-0.39, 0.29) is 18.1 Å². The average Bonchev–Trinajstić information content (AvgIpc) is 2.26. The largest absolute Gasteiger partial charge is 0.395 e. The monoisotopic (exact) mass is 278 g/mol. The average molecular weight is 278 g/mol. The van der Waals surface area contributed by atoms with Crippen molar-refractivity contribution in [3.05, 3.63) is 0 Å². The molecule has 5 nitrogen and oxygen atoms in total. The first-order valence-electron chi connectivity index (χ1n) is 6.52. The van der Waals surface area contributed by atoms with Gasteiger partial charge >= 0.3 is 0 Å². The summed E-state index contributed by atoms with van der Waals surface area (Å²) >= 11 is 0. The van der Waals surface area contributed by atoms with Crippen molar-refractivity contribution < 1.29 is 13.5 Å². The van der Waals surface area contributed by atoms with E-state index in [0.717, 1.165) is 19.3 Å². The Balaban J connectivity index is 2.84. The summed E-state index contributed by atoms with van der Waals surface area (Å²) in [6.07, 6.45) is 2.61. The van der Waals surface area contributed by atoms with Gasteiger partial charge in [-0.1, -0.05) is 27.2 Å². The van der Waals surface area contributed by atoms with Gasteiger partial charge in [-0.15, -0.1) is 0 Å². The van der Waals surface area contributed by atoms with Crippen LogP contribution in [0.2, 0.25) is 0 Å². The van der Waals surface area contributed by atoms with Gasteiger partial charge in [0.25, 0.3) is 10.2 Å². The predicted octanol–water partition coefficient (Wildman–Crippen LogP) is 1.06. The zero-order valence-electron chi connectivity index (χ0n) is 11.9. The summed E-state index contributed by atoms with van der Waals surface area (Å²) in [5, 5.41) is 9.31. The number of piperidine rings is 1. The lowest BCUT2D eigenvalue weighted by molar-refractivity contribution is 0.146. The Bertz CT molecular complexity index is 362. The van der Waals surface area contributed by atoms with E-state index in [2.05, 4.69) is 0 Å². The number of hydrogen-bond donors (Lipinski definition) is 1. The van der Waals surface area contributed by atoms with Crippen LogP contribution in [0, 0.1) is 5.41 Å². The van der Waals surface area contributed by atoms with Crippen LogP contribution in [0.3, 0.4) is 0 Å². The van der Waals surface area contributed by atoms with E-state index in [4.69, 9.17) is 0 Å². The van der Waals surface area contributed by atoms with Crippen LogP contribution in [0.25, 0.3) is 0 Å². The van der Waals surface area contributed by atoms with E-state index < -0.39 is 10.2 Å². The maximum Gasteiger partial charge on any atom is 0.282 e. The summed E-state index contributed by atoms with van der Waals surface area (Å²) in [6.45, 7) is 6.94. The molecule has 0 aliphatic carbocycles. The second-order valence-corrected chi connectivity index (χ2v) is 8.26. The number of nitrogens with zero attached hydrogens (tertiary/aromatic N) is 2. The van der Waals surface area contributed by atoms with Gasteiger partial charge in [0.1, 0.15) is 0 Å². The van der Waals surface area contributed by atoms with Crippen molar-refractivity contribution in [1.29, 1.82) is 0 Å². The Morgan fingerprint density at radius 2 is 1.94 bits per heavy atom. The molecular formula is C12H26N2O3S. The predicted molar refractivity (Wildman–Crippen MR) is 72.4 cm³/mol. The SMILES string of the molecule is CN(CC(C)(C)C)S(=O)(=O)N1CCCCC1CO. The van der Waals surface area contributed by atoms with Crippen LogP contribution >= 0.6 is 0 Å². The molecular weight excluding hydrogens is 252 g/mol. The third kappa shape index (κ3) is 3.91. The maximum atomic E-state index is 12.5. The van der Waals surface area contributed by atoms with Gasteiger partial charge in [-0.25, -0.2) is 0 Å². The summed E-state index contributed by atoms with van der Waals surface area (Å²) in [5.41, 5.74) is -0.0771. The molecule has 0 saturated carbocycles. The standard InChI is InChI=1S/C12H26N2O3S/c1-12(2,3)10-13(4)18(16,17)14-8-6-5-7-11(14)9-15/h11,15H,5-10H2,1-4H3. The van der Waals surface area contributed by atoms with E-state index in [1.165, 1.54) is 8.61 Å².